The summed E-state index contributed by atoms with van der Waals surface area (Å²) in [7, 11) is 0. The molecule has 0 amide bonds. The monoisotopic (exact) mass is 321 g/mol. The van der Waals surface area contributed by atoms with Crippen molar-refractivity contribution in [2.24, 2.45) is 0 Å². The molecular formula is C14H15N3O6. The largest absolute Gasteiger partial charge is 0.508 e. The number of nitrogens with one attached hydrogen (secondary N) is 1. The van der Waals surface area contributed by atoms with Crippen molar-refractivity contribution < 1.29 is 20.1 Å². The number of hydrogen-bond donors (Lipinski definition) is 3. The van der Waals surface area contributed by atoms with E-state index in [1.165, 1.54) is 12.1 Å². The van der Waals surface area contributed by atoms with Crippen molar-refractivity contribution in [3.05, 3.63) is 68.8 Å². The molecule has 0 spiro atoms. The molecule has 0 radical (unpaired) electrons. The summed E-state index contributed by atoms with van der Waals surface area (Å²) in [4.78, 5) is 19.6. The molecule has 0 aliphatic rings. The van der Waals surface area contributed by atoms with Crippen LogP contribution in [0.5, 0.6) is 5.75 Å². The molecule has 0 aliphatic heterocycles. The number of rotatable bonds is 5. The highest BCUT2D eigenvalue weighted by atomic mass is 16.6. The molecule has 2 aromatic rings. The summed E-state index contributed by atoms with van der Waals surface area (Å²) in [5.74, 6) is 0.322. The molecule has 0 bridgehead atoms. The maximum absolute atomic E-state index is 10.5. The number of nitro groups is 2. The van der Waals surface area contributed by atoms with Gasteiger partial charge in [-0.3, -0.25) is 20.2 Å². The standard InChI is InChI=1S/C8H9N3O5.C6H6O/c12-2-1-9-6-3-7(10(13)14)5-8(4-6)11(15)16;7-6-4-2-1-3-5-6/h3-5,9,12H,1-2H2;1-5,7H. The molecule has 0 aliphatic carbocycles. The van der Waals surface area contributed by atoms with Crippen molar-refractivity contribution in [2.75, 3.05) is 18.5 Å². The number of aliphatic hydroxyl groups excluding tert-OH is 1. The number of hydrogen-bond acceptors (Lipinski definition) is 7. The van der Waals surface area contributed by atoms with Crippen LogP contribution in [0.1, 0.15) is 0 Å². The van der Waals surface area contributed by atoms with Crippen LogP contribution < -0.4 is 5.32 Å². The quantitative estimate of drug-likeness (QED) is 0.567. The molecule has 0 atom stereocenters. The number of nitro benzene ring substituents is 2. The minimum Gasteiger partial charge on any atom is -0.508 e. The molecule has 3 N–H and O–H groups in total. The van der Waals surface area contributed by atoms with Crippen LogP contribution in [-0.4, -0.2) is 33.2 Å². The minimum atomic E-state index is -0.711. The Hall–Kier alpha value is -3.20. The van der Waals surface area contributed by atoms with Gasteiger partial charge in [0.15, 0.2) is 0 Å². The number of aromatic hydroxyl groups is 1. The number of benzene rings is 2. The van der Waals surface area contributed by atoms with Gasteiger partial charge in [0.1, 0.15) is 5.75 Å². The first-order chi connectivity index (χ1) is 10.9. The van der Waals surface area contributed by atoms with E-state index in [4.69, 9.17) is 10.2 Å². The number of phenolic OH excluding ortho intramolecular Hbond substituents is 1. The molecular weight excluding hydrogens is 306 g/mol. The van der Waals surface area contributed by atoms with Gasteiger partial charge in [-0.25, -0.2) is 0 Å². The number of aliphatic hydroxyl groups is 1. The average molecular weight is 321 g/mol. The van der Waals surface area contributed by atoms with Gasteiger partial charge in [0.05, 0.1) is 22.5 Å². The van der Waals surface area contributed by atoms with Gasteiger partial charge in [0.2, 0.25) is 0 Å². The highest BCUT2D eigenvalue weighted by molar-refractivity contribution is 5.58. The molecule has 0 saturated carbocycles. The van der Waals surface area contributed by atoms with Gasteiger partial charge in [0, 0.05) is 24.4 Å². The fraction of sp³-hybridized carbons (Fsp3) is 0.143. The van der Waals surface area contributed by atoms with Gasteiger partial charge in [-0.1, -0.05) is 18.2 Å². The molecule has 2 rings (SSSR count). The van der Waals surface area contributed by atoms with Crippen LogP contribution in [0.2, 0.25) is 0 Å². The molecule has 2 aromatic carbocycles. The maximum Gasteiger partial charge on any atom is 0.278 e. The van der Waals surface area contributed by atoms with Crippen molar-refractivity contribution in [2.45, 2.75) is 0 Å². The molecule has 0 unspecified atom stereocenters. The first kappa shape index (κ1) is 17.9. The smallest absolute Gasteiger partial charge is 0.278 e. The number of para-hydroxylation sites is 1. The van der Waals surface area contributed by atoms with Crippen molar-refractivity contribution >= 4 is 17.1 Å². The molecule has 9 heteroatoms. The molecule has 0 heterocycles. The van der Waals surface area contributed by atoms with E-state index in [9.17, 15) is 20.2 Å². The average Bonchev–Trinajstić information content (AvgIpc) is 2.54. The fourth-order valence-electron chi connectivity index (χ4n) is 1.54. The summed E-state index contributed by atoms with van der Waals surface area (Å²) < 4.78 is 0. The summed E-state index contributed by atoms with van der Waals surface area (Å²) >= 11 is 0. The van der Waals surface area contributed by atoms with E-state index in [1.807, 2.05) is 6.07 Å². The van der Waals surface area contributed by atoms with Gasteiger partial charge in [0.25, 0.3) is 11.4 Å². The van der Waals surface area contributed by atoms with Crippen LogP contribution in [0, 0.1) is 20.2 Å². The molecule has 0 saturated heterocycles. The maximum atomic E-state index is 10.5. The number of phenols is 1. The SMILES string of the molecule is O=[N+]([O-])c1cc(NCCO)cc([N+](=O)[O-])c1.Oc1ccccc1. The Morgan fingerprint density at radius 3 is 1.83 bits per heavy atom. The third-order valence-corrected chi connectivity index (χ3v) is 2.52. The lowest BCUT2D eigenvalue weighted by Gasteiger charge is -2.03. The topological polar surface area (TPSA) is 139 Å². The van der Waals surface area contributed by atoms with Crippen LogP contribution in [0.15, 0.2) is 48.5 Å². The lowest BCUT2D eigenvalue weighted by atomic mass is 10.2. The Kier molecular flexibility index (Phi) is 6.95. The lowest BCUT2D eigenvalue weighted by molar-refractivity contribution is -0.394. The van der Waals surface area contributed by atoms with Crippen molar-refractivity contribution in [3.63, 3.8) is 0 Å². The van der Waals surface area contributed by atoms with Gasteiger partial charge in [-0.15, -0.1) is 0 Å². The van der Waals surface area contributed by atoms with Gasteiger partial charge in [-0.05, 0) is 12.1 Å². The van der Waals surface area contributed by atoms with Crippen LogP contribution in [-0.2, 0) is 0 Å². The first-order valence-electron chi connectivity index (χ1n) is 6.46. The first-order valence-corrected chi connectivity index (χ1v) is 6.46. The molecule has 0 fully saturated rings. The molecule has 0 aromatic heterocycles. The lowest BCUT2D eigenvalue weighted by Crippen LogP contribution is -2.06. The van der Waals surface area contributed by atoms with Crippen molar-refractivity contribution in [3.8, 4) is 5.75 Å². The highest BCUT2D eigenvalue weighted by Crippen LogP contribution is 2.25. The van der Waals surface area contributed by atoms with E-state index in [0.29, 0.717) is 5.75 Å². The normalized spacial score (nSPS) is 9.43. The third-order valence-electron chi connectivity index (χ3n) is 2.52. The van der Waals surface area contributed by atoms with E-state index in [1.54, 1.807) is 24.3 Å². The molecule has 23 heavy (non-hydrogen) atoms. The predicted octanol–water partition coefficient (Wildman–Crippen LogP) is 2.30. The number of anilines is 1. The zero-order valence-corrected chi connectivity index (χ0v) is 12.0. The van der Waals surface area contributed by atoms with Crippen molar-refractivity contribution in [1.82, 2.24) is 0 Å². The van der Waals surface area contributed by atoms with E-state index in [-0.39, 0.29) is 30.2 Å². The summed E-state index contributed by atoms with van der Waals surface area (Å²) in [5.41, 5.74) is -0.501. The van der Waals surface area contributed by atoms with Gasteiger partial charge in [-0.2, -0.15) is 0 Å². The Labute approximate surface area is 131 Å². The zero-order valence-electron chi connectivity index (χ0n) is 12.0. The zero-order chi connectivity index (χ0) is 17.2. The Morgan fingerprint density at radius 1 is 0.957 bits per heavy atom. The minimum absolute atomic E-state index is 0.165. The van der Waals surface area contributed by atoms with Crippen LogP contribution in [0.3, 0.4) is 0 Å². The summed E-state index contributed by atoms with van der Waals surface area (Å²) in [5, 5.41) is 40.8. The summed E-state index contributed by atoms with van der Waals surface area (Å²) in [6.45, 7) is -0.00515. The van der Waals surface area contributed by atoms with E-state index >= 15 is 0 Å². The summed E-state index contributed by atoms with van der Waals surface area (Å²) in [6, 6.07) is 11.9. The second kappa shape index (κ2) is 8.95. The fourth-order valence-corrected chi connectivity index (χ4v) is 1.54. The Balaban J connectivity index is 0.000000313. The third kappa shape index (κ3) is 6.40. The van der Waals surface area contributed by atoms with E-state index in [2.05, 4.69) is 5.32 Å². The van der Waals surface area contributed by atoms with Gasteiger partial charge < -0.3 is 15.5 Å². The van der Waals surface area contributed by atoms with Crippen LogP contribution >= 0.6 is 0 Å². The molecule has 122 valence electrons. The van der Waals surface area contributed by atoms with Crippen molar-refractivity contribution in [1.29, 1.82) is 0 Å². The number of nitrogens with zero attached hydrogens (tertiary/aromatic N) is 2. The van der Waals surface area contributed by atoms with Gasteiger partial charge >= 0.3 is 0 Å². The predicted molar refractivity (Wildman–Crippen MR) is 83.4 cm³/mol. The summed E-state index contributed by atoms with van der Waals surface area (Å²) in [6.07, 6.45) is 0. The second-order valence-electron chi connectivity index (χ2n) is 4.24. The van der Waals surface area contributed by atoms with Crippen LogP contribution in [0.25, 0.3) is 0 Å². The van der Waals surface area contributed by atoms with E-state index < -0.39 is 9.85 Å². The second-order valence-corrected chi connectivity index (χ2v) is 4.24. The number of non-ortho nitro benzene ring substituents is 2. The molecule has 9 nitrogen and oxygen atoms in total. The Bertz CT molecular complexity index is 631. The Morgan fingerprint density at radius 2 is 1.48 bits per heavy atom. The van der Waals surface area contributed by atoms with Crippen LogP contribution in [0.4, 0.5) is 17.1 Å². The highest BCUT2D eigenvalue weighted by Gasteiger charge is 2.15. The van der Waals surface area contributed by atoms with E-state index in [0.717, 1.165) is 6.07 Å².